The maximum atomic E-state index is 5.65. The molecule has 5 heteroatoms. The largest absolute Gasteiger partial charge is 0.363 e. The normalized spacial score (nSPS) is 11.1. The molecule has 136 valence electrons. The molecule has 0 radical (unpaired) electrons. The van der Waals surface area contributed by atoms with Crippen LogP contribution in [0.15, 0.2) is 53.1 Å². The average molecular weight is 358 g/mol. The topological polar surface area (TPSA) is 63.8 Å². The molecule has 0 saturated heterocycles. The van der Waals surface area contributed by atoms with Crippen molar-refractivity contribution >= 4 is 16.9 Å². The van der Waals surface area contributed by atoms with E-state index < -0.39 is 0 Å². The molecule has 0 aliphatic heterocycles. The van der Waals surface area contributed by atoms with Crippen LogP contribution in [0.1, 0.15) is 29.4 Å². The zero-order valence-corrected chi connectivity index (χ0v) is 15.8. The van der Waals surface area contributed by atoms with E-state index in [4.69, 9.17) is 4.52 Å². The summed E-state index contributed by atoms with van der Waals surface area (Å²) in [6, 6.07) is 16.5. The Morgan fingerprint density at radius 1 is 0.963 bits per heavy atom. The van der Waals surface area contributed by atoms with Gasteiger partial charge in [0.2, 0.25) is 5.58 Å². The number of benzene rings is 2. The predicted octanol–water partition coefficient (Wildman–Crippen LogP) is 5.08. The van der Waals surface area contributed by atoms with Crippen molar-refractivity contribution in [1.29, 1.82) is 0 Å². The van der Waals surface area contributed by atoms with Crippen molar-refractivity contribution in [3.8, 4) is 11.3 Å². The molecular weight excluding hydrogens is 336 g/mol. The highest BCUT2D eigenvalue weighted by molar-refractivity contribution is 5.93. The van der Waals surface area contributed by atoms with E-state index in [9.17, 15) is 0 Å². The molecule has 4 aromatic rings. The molecular formula is C22H22N4O. The SMILES string of the molecule is CCc1nc(NCc2ccccc2C)c2onc(-c3ccc(C)cc3)c2n1. The highest BCUT2D eigenvalue weighted by Gasteiger charge is 2.18. The Hall–Kier alpha value is -3.21. The summed E-state index contributed by atoms with van der Waals surface area (Å²) in [6.07, 6.45) is 0.744. The summed E-state index contributed by atoms with van der Waals surface area (Å²) in [5.41, 5.74) is 6.75. The molecule has 5 nitrogen and oxygen atoms in total. The standard InChI is InChI=1S/C22H22N4O/c1-4-18-24-20-19(16-11-9-14(2)10-12-16)26-27-21(20)22(25-18)23-13-17-8-6-5-7-15(17)3/h5-12H,4,13H2,1-3H3,(H,23,24,25). The Labute approximate surface area is 158 Å². The second-order valence-corrected chi connectivity index (χ2v) is 6.70. The first-order chi connectivity index (χ1) is 13.2. The first-order valence-electron chi connectivity index (χ1n) is 9.17. The molecule has 1 N–H and O–H groups in total. The molecule has 0 bridgehead atoms. The molecule has 0 amide bonds. The highest BCUT2D eigenvalue weighted by atomic mass is 16.5. The van der Waals surface area contributed by atoms with E-state index in [1.54, 1.807) is 0 Å². The van der Waals surface area contributed by atoms with Crippen molar-refractivity contribution < 1.29 is 4.52 Å². The van der Waals surface area contributed by atoms with E-state index in [2.05, 4.69) is 58.6 Å². The summed E-state index contributed by atoms with van der Waals surface area (Å²) in [5.74, 6) is 1.46. The van der Waals surface area contributed by atoms with E-state index in [0.717, 1.165) is 29.0 Å². The average Bonchev–Trinajstić information content (AvgIpc) is 3.11. The van der Waals surface area contributed by atoms with Gasteiger partial charge in [-0.25, -0.2) is 9.97 Å². The molecule has 0 saturated carbocycles. The van der Waals surface area contributed by atoms with E-state index >= 15 is 0 Å². The molecule has 2 heterocycles. The van der Waals surface area contributed by atoms with Crippen LogP contribution in [0.3, 0.4) is 0 Å². The van der Waals surface area contributed by atoms with Crippen molar-refractivity contribution in [2.24, 2.45) is 0 Å². The third-order valence-corrected chi connectivity index (χ3v) is 4.71. The van der Waals surface area contributed by atoms with Gasteiger partial charge in [0.15, 0.2) is 5.82 Å². The second-order valence-electron chi connectivity index (χ2n) is 6.70. The van der Waals surface area contributed by atoms with Crippen LogP contribution in [0.25, 0.3) is 22.4 Å². The summed E-state index contributed by atoms with van der Waals surface area (Å²) < 4.78 is 5.65. The third-order valence-electron chi connectivity index (χ3n) is 4.71. The maximum absolute atomic E-state index is 5.65. The Bertz CT molecular complexity index is 1080. The van der Waals surface area contributed by atoms with Gasteiger partial charge in [-0.15, -0.1) is 0 Å². The Balaban J connectivity index is 1.74. The van der Waals surface area contributed by atoms with E-state index in [1.165, 1.54) is 16.7 Å². The first kappa shape index (κ1) is 17.2. The Morgan fingerprint density at radius 3 is 2.48 bits per heavy atom. The van der Waals surface area contributed by atoms with Gasteiger partial charge in [-0.05, 0) is 25.0 Å². The molecule has 0 fully saturated rings. The molecule has 27 heavy (non-hydrogen) atoms. The molecule has 0 aliphatic rings. The van der Waals surface area contributed by atoms with Gasteiger partial charge in [-0.1, -0.05) is 66.2 Å². The van der Waals surface area contributed by atoms with Crippen LogP contribution in [0, 0.1) is 13.8 Å². The molecule has 2 aromatic carbocycles. The lowest BCUT2D eigenvalue weighted by molar-refractivity contribution is 0.459. The fourth-order valence-corrected chi connectivity index (χ4v) is 3.04. The lowest BCUT2D eigenvalue weighted by Crippen LogP contribution is -2.05. The summed E-state index contributed by atoms with van der Waals surface area (Å²) in [5, 5.41) is 7.69. The first-order valence-corrected chi connectivity index (χ1v) is 9.17. The minimum Gasteiger partial charge on any atom is -0.363 e. The smallest absolute Gasteiger partial charge is 0.228 e. The molecule has 0 unspecified atom stereocenters. The number of fused-ring (bicyclic) bond motifs is 1. The number of aryl methyl sites for hydroxylation is 3. The minimum atomic E-state index is 0.594. The minimum absolute atomic E-state index is 0.594. The number of anilines is 1. The quantitative estimate of drug-likeness (QED) is 0.539. The van der Waals surface area contributed by atoms with Gasteiger partial charge in [0, 0.05) is 18.5 Å². The van der Waals surface area contributed by atoms with Gasteiger partial charge in [-0.2, -0.15) is 0 Å². The van der Waals surface area contributed by atoms with Gasteiger partial charge in [-0.3, -0.25) is 0 Å². The van der Waals surface area contributed by atoms with Crippen LogP contribution in [0.4, 0.5) is 5.82 Å². The van der Waals surface area contributed by atoms with E-state index in [-0.39, 0.29) is 0 Å². The fraction of sp³-hybridized carbons (Fsp3) is 0.227. The molecule has 4 rings (SSSR count). The lowest BCUT2D eigenvalue weighted by atomic mass is 10.1. The van der Waals surface area contributed by atoms with Crippen LogP contribution in [-0.4, -0.2) is 15.1 Å². The van der Waals surface area contributed by atoms with Crippen LogP contribution < -0.4 is 5.32 Å². The van der Waals surface area contributed by atoms with Crippen molar-refractivity contribution in [3.63, 3.8) is 0 Å². The number of rotatable bonds is 5. The Morgan fingerprint density at radius 2 is 1.74 bits per heavy atom. The number of nitrogens with one attached hydrogen (secondary N) is 1. The number of hydrogen-bond acceptors (Lipinski definition) is 5. The monoisotopic (exact) mass is 358 g/mol. The van der Waals surface area contributed by atoms with Crippen molar-refractivity contribution in [2.45, 2.75) is 33.7 Å². The van der Waals surface area contributed by atoms with Crippen LogP contribution in [-0.2, 0) is 13.0 Å². The fourth-order valence-electron chi connectivity index (χ4n) is 3.04. The molecule has 0 spiro atoms. The van der Waals surface area contributed by atoms with Crippen molar-refractivity contribution in [2.75, 3.05) is 5.32 Å². The van der Waals surface area contributed by atoms with Gasteiger partial charge in [0.05, 0.1) is 0 Å². The molecule has 0 atom stereocenters. The Kier molecular flexibility index (Phi) is 4.59. The van der Waals surface area contributed by atoms with Crippen LogP contribution in [0.5, 0.6) is 0 Å². The summed E-state index contributed by atoms with van der Waals surface area (Å²) in [6.45, 7) is 6.89. The van der Waals surface area contributed by atoms with Crippen molar-refractivity contribution in [3.05, 3.63) is 71.0 Å². The van der Waals surface area contributed by atoms with E-state index in [1.807, 2.05) is 31.2 Å². The summed E-state index contributed by atoms with van der Waals surface area (Å²) in [7, 11) is 0. The van der Waals surface area contributed by atoms with Gasteiger partial charge in [0.25, 0.3) is 0 Å². The summed E-state index contributed by atoms with van der Waals surface area (Å²) in [4.78, 5) is 9.31. The van der Waals surface area contributed by atoms with Gasteiger partial charge in [0.1, 0.15) is 17.0 Å². The zero-order chi connectivity index (χ0) is 18.8. The highest BCUT2D eigenvalue weighted by Crippen LogP contribution is 2.30. The number of aromatic nitrogens is 3. The molecule has 0 aliphatic carbocycles. The third kappa shape index (κ3) is 3.40. The van der Waals surface area contributed by atoms with Crippen LogP contribution in [0.2, 0.25) is 0 Å². The molecule has 2 aromatic heterocycles. The number of nitrogens with zero attached hydrogens (tertiary/aromatic N) is 3. The lowest BCUT2D eigenvalue weighted by Gasteiger charge is -2.09. The predicted molar refractivity (Wildman–Crippen MR) is 108 cm³/mol. The summed E-state index contributed by atoms with van der Waals surface area (Å²) >= 11 is 0. The number of hydrogen-bond donors (Lipinski definition) is 1. The van der Waals surface area contributed by atoms with Crippen LogP contribution >= 0.6 is 0 Å². The van der Waals surface area contributed by atoms with Crippen molar-refractivity contribution in [1.82, 2.24) is 15.1 Å². The van der Waals surface area contributed by atoms with E-state index in [0.29, 0.717) is 17.9 Å². The zero-order valence-electron chi connectivity index (χ0n) is 15.8. The van der Waals surface area contributed by atoms with Gasteiger partial charge >= 0.3 is 0 Å². The second kappa shape index (κ2) is 7.19. The van der Waals surface area contributed by atoms with Gasteiger partial charge < -0.3 is 9.84 Å². The maximum Gasteiger partial charge on any atom is 0.228 e.